The lowest BCUT2D eigenvalue weighted by Crippen LogP contribution is -2.27. The van der Waals surface area contributed by atoms with Crippen LogP contribution in [0.5, 0.6) is 0 Å². The summed E-state index contributed by atoms with van der Waals surface area (Å²) in [4.78, 5) is 12.6. The zero-order valence-corrected chi connectivity index (χ0v) is 15.3. The fourth-order valence-corrected chi connectivity index (χ4v) is 3.52. The molecule has 4 rings (SSSR count). The van der Waals surface area contributed by atoms with Crippen molar-refractivity contribution in [3.05, 3.63) is 83.7 Å². The van der Waals surface area contributed by atoms with Crippen LogP contribution in [0.25, 0.3) is 11.1 Å². The van der Waals surface area contributed by atoms with Gasteiger partial charge in [-0.05, 0) is 25.0 Å². The molecule has 3 aromatic rings. The first kappa shape index (κ1) is 17.1. The number of aromatic nitrogens is 2. The van der Waals surface area contributed by atoms with E-state index in [1.807, 2.05) is 67.1 Å². The van der Waals surface area contributed by atoms with Gasteiger partial charge < -0.3 is 10.1 Å². The predicted molar refractivity (Wildman–Crippen MR) is 105 cm³/mol. The molecule has 27 heavy (non-hydrogen) atoms. The van der Waals surface area contributed by atoms with Crippen LogP contribution >= 0.6 is 0 Å². The molecule has 0 amide bonds. The van der Waals surface area contributed by atoms with E-state index in [1.165, 1.54) is 0 Å². The Morgan fingerprint density at radius 2 is 1.78 bits per heavy atom. The van der Waals surface area contributed by atoms with Crippen LogP contribution in [0.1, 0.15) is 24.2 Å². The summed E-state index contributed by atoms with van der Waals surface area (Å²) in [6.07, 6.45) is 1.75. The van der Waals surface area contributed by atoms with Gasteiger partial charge in [0.1, 0.15) is 11.9 Å². The molecular weight excluding hydrogens is 338 g/mol. The second kappa shape index (κ2) is 7.11. The summed E-state index contributed by atoms with van der Waals surface area (Å²) >= 11 is 0. The van der Waals surface area contributed by atoms with Crippen molar-refractivity contribution < 1.29 is 9.53 Å². The minimum absolute atomic E-state index is 0.331. The molecule has 5 nitrogen and oxygen atoms in total. The highest BCUT2D eigenvalue weighted by molar-refractivity contribution is 5.92. The van der Waals surface area contributed by atoms with Crippen LogP contribution in [0.3, 0.4) is 0 Å². The van der Waals surface area contributed by atoms with E-state index < -0.39 is 0 Å². The Morgan fingerprint density at radius 1 is 1.11 bits per heavy atom. The zero-order chi connectivity index (χ0) is 18.8. The van der Waals surface area contributed by atoms with Gasteiger partial charge in [0, 0.05) is 11.8 Å². The van der Waals surface area contributed by atoms with Gasteiger partial charge in [0.25, 0.3) is 0 Å². The number of hydrogen-bond donors (Lipinski definition) is 1. The number of esters is 1. The molecular formula is C22H21N3O2. The van der Waals surface area contributed by atoms with Crippen LogP contribution in [0.2, 0.25) is 0 Å². The molecule has 0 fully saturated rings. The molecule has 0 spiro atoms. The Hall–Kier alpha value is -3.34. The third-order valence-corrected chi connectivity index (χ3v) is 4.68. The number of ether oxygens (including phenoxy) is 1. The maximum absolute atomic E-state index is 12.6. The molecule has 0 unspecified atom stereocenters. The first-order valence-corrected chi connectivity index (χ1v) is 9.04. The average Bonchev–Trinajstić information content (AvgIpc) is 3.04. The Morgan fingerprint density at radius 3 is 2.44 bits per heavy atom. The molecule has 1 aliphatic rings. The fraction of sp³-hybridized carbons (Fsp3) is 0.182. The average molecular weight is 359 g/mol. The largest absolute Gasteiger partial charge is 0.463 e. The second-order valence-electron chi connectivity index (χ2n) is 6.40. The lowest BCUT2D eigenvalue weighted by molar-refractivity contribution is -0.139. The molecule has 2 aromatic carbocycles. The van der Waals surface area contributed by atoms with Crippen LogP contribution in [-0.4, -0.2) is 22.4 Å². The SMILES string of the molecule is CCOC(=O)C1=CNc2c(-c3ccccc3)c(C)nn2[C@H]1c1ccccc1. The molecule has 0 saturated carbocycles. The van der Waals surface area contributed by atoms with Gasteiger partial charge in [-0.3, -0.25) is 0 Å². The molecule has 1 aliphatic heterocycles. The Labute approximate surface area is 158 Å². The highest BCUT2D eigenvalue weighted by atomic mass is 16.5. The topological polar surface area (TPSA) is 56.1 Å². The van der Waals surface area contributed by atoms with Crippen molar-refractivity contribution in [2.75, 3.05) is 11.9 Å². The van der Waals surface area contributed by atoms with Crippen molar-refractivity contribution in [2.24, 2.45) is 0 Å². The van der Waals surface area contributed by atoms with Gasteiger partial charge in [0.05, 0.1) is 17.9 Å². The van der Waals surface area contributed by atoms with Gasteiger partial charge >= 0.3 is 5.97 Å². The number of benzene rings is 2. The standard InChI is InChI=1S/C22H21N3O2/c1-3-27-22(26)18-14-23-21-19(16-10-6-4-7-11-16)15(2)24-25(21)20(18)17-12-8-5-9-13-17/h4-14,20,23H,3H2,1-2H3/t20-/m0/s1. The summed E-state index contributed by atoms with van der Waals surface area (Å²) in [5.74, 6) is 0.541. The minimum Gasteiger partial charge on any atom is -0.463 e. The smallest absolute Gasteiger partial charge is 0.338 e. The van der Waals surface area contributed by atoms with Crippen molar-refractivity contribution in [1.29, 1.82) is 0 Å². The number of fused-ring (bicyclic) bond motifs is 1. The molecule has 1 aromatic heterocycles. The maximum atomic E-state index is 12.6. The van der Waals surface area contributed by atoms with E-state index in [-0.39, 0.29) is 12.0 Å². The van der Waals surface area contributed by atoms with Crippen molar-refractivity contribution in [1.82, 2.24) is 9.78 Å². The van der Waals surface area contributed by atoms with Crippen molar-refractivity contribution in [3.63, 3.8) is 0 Å². The van der Waals surface area contributed by atoms with Gasteiger partial charge in [-0.25, -0.2) is 9.48 Å². The molecule has 5 heteroatoms. The first-order chi connectivity index (χ1) is 13.2. The van der Waals surface area contributed by atoms with E-state index in [9.17, 15) is 4.79 Å². The van der Waals surface area contributed by atoms with Crippen molar-refractivity contribution in [3.8, 4) is 11.1 Å². The lowest BCUT2D eigenvalue weighted by Gasteiger charge is -2.26. The molecule has 1 N–H and O–H groups in total. The quantitative estimate of drug-likeness (QED) is 0.705. The van der Waals surface area contributed by atoms with E-state index in [2.05, 4.69) is 17.4 Å². The van der Waals surface area contributed by atoms with E-state index in [4.69, 9.17) is 9.84 Å². The summed E-state index contributed by atoms with van der Waals surface area (Å²) in [7, 11) is 0. The Balaban J connectivity index is 1.88. The number of rotatable bonds is 4. The molecule has 0 aliphatic carbocycles. The molecule has 0 bridgehead atoms. The number of carbonyl (C=O) groups is 1. The van der Waals surface area contributed by atoms with Crippen molar-refractivity contribution >= 4 is 11.8 Å². The number of nitrogens with one attached hydrogen (secondary N) is 1. The van der Waals surface area contributed by atoms with E-state index in [0.717, 1.165) is 28.2 Å². The molecule has 0 saturated heterocycles. The minimum atomic E-state index is -0.335. The van der Waals surface area contributed by atoms with Gasteiger partial charge in [-0.15, -0.1) is 0 Å². The van der Waals surface area contributed by atoms with Crippen LogP contribution in [0.4, 0.5) is 5.82 Å². The Bertz CT molecular complexity index is 991. The summed E-state index contributed by atoms with van der Waals surface area (Å²) in [6, 6.07) is 19.7. The van der Waals surface area contributed by atoms with Gasteiger partial charge in [-0.1, -0.05) is 60.7 Å². The van der Waals surface area contributed by atoms with Crippen LogP contribution < -0.4 is 5.32 Å². The van der Waals surface area contributed by atoms with Gasteiger partial charge in [0.15, 0.2) is 0 Å². The van der Waals surface area contributed by atoms with Crippen LogP contribution in [-0.2, 0) is 9.53 Å². The number of hydrogen-bond acceptors (Lipinski definition) is 4. The summed E-state index contributed by atoms with van der Waals surface area (Å²) in [5, 5.41) is 8.06. The molecule has 2 heterocycles. The molecule has 0 radical (unpaired) electrons. The third kappa shape index (κ3) is 3.01. The predicted octanol–water partition coefficient (Wildman–Crippen LogP) is 4.32. The monoisotopic (exact) mass is 359 g/mol. The first-order valence-electron chi connectivity index (χ1n) is 9.04. The summed E-state index contributed by atoms with van der Waals surface area (Å²) < 4.78 is 7.17. The third-order valence-electron chi connectivity index (χ3n) is 4.68. The molecule has 136 valence electrons. The Kier molecular flexibility index (Phi) is 4.50. The highest BCUT2D eigenvalue weighted by Gasteiger charge is 2.33. The highest BCUT2D eigenvalue weighted by Crippen LogP contribution is 2.40. The second-order valence-corrected chi connectivity index (χ2v) is 6.40. The van der Waals surface area contributed by atoms with Gasteiger partial charge in [0.2, 0.25) is 0 Å². The lowest BCUT2D eigenvalue weighted by atomic mass is 9.97. The van der Waals surface area contributed by atoms with E-state index in [1.54, 1.807) is 6.20 Å². The zero-order valence-electron chi connectivity index (χ0n) is 15.3. The summed E-state index contributed by atoms with van der Waals surface area (Å²) in [6.45, 7) is 4.13. The van der Waals surface area contributed by atoms with Gasteiger partial charge in [-0.2, -0.15) is 5.10 Å². The summed E-state index contributed by atoms with van der Waals surface area (Å²) in [5.41, 5.74) is 4.56. The number of carbonyl (C=O) groups excluding carboxylic acids is 1. The van der Waals surface area contributed by atoms with Crippen LogP contribution in [0.15, 0.2) is 72.4 Å². The van der Waals surface area contributed by atoms with E-state index in [0.29, 0.717) is 12.2 Å². The van der Waals surface area contributed by atoms with E-state index >= 15 is 0 Å². The normalized spacial score (nSPS) is 15.5. The fourth-order valence-electron chi connectivity index (χ4n) is 3.52. The number of aryl methyl sites for hydroxylation is 1. The molecule has 1 atom stereocenters. The van der Waals surface area contributed by atoms with Crippen molar-refractivity contribution in [2.45, 2.75) is 19.9 Å². The number of anilines is 1. The van der Waals surface area contributed by atoms with Crippen LogP contribution in [0, 0.1) is 6.92 Å². The number of nitrogens with zero attached hydrogens (tertiary/aromatic N) is 2. The maximum Gasteiger partial charge on any atom is 0.338 e.